The molecule has 0 saturated carbocycles. The van der Waals surface area contributed by atoms with Gasteiger partial charge in [0.15, 0.2) is 11.4 Å². The zero-order valence-corrected chi connectivity index (χ0v) is 13.0. The molecule has 0 unspecified atom stereocenters. The molecule has 0 bridgehead atoms. The van der Waals surface area contributed by atoms with E-state index in [1.165, 1.54) is 0 Å². The average Bonchev–Trinajstić information content (AvgIpc) is 2.89. The van der Waals surface area contributed by atoms with Crippen molar-refractivity contribution in [1.29, 1.82) is 0 Å². The molecular weight excluding hydrogens is 361 g/mol. The summed E-state index contributed by atoms with van der Waals surface area (Å²) in [6.07, 6.45) is 0. The molecule has 9 heteroatoms. The number of carbonyl (C=O) groups excluding carboxylic acids is 2. The quantitative estimate of drug-likeness (QED) is 0.736. The van der Waals surface area contributed by atoms with Crippen LogP contribution in [0.25, 0.3) is 11.0 Å². The Hall–Kier alpha value is -3.00. The third kappa shape index (κ3) is 3.03. The van der Waals surface area contributed by atoms with E-state index in [0.29, 0.717) is 6.07 Å². The van der Waals surface area contributed by atoms with Gasteiger partial charge in [-0.3, -0.25) is 9.59 Å². The van der Waals surface area contributed by atoms with Crippen LogP contribution in [0.5, 0.6) is 0 Å². The van der Waals surface area contributed by atoms with Crippen LogP contribution >= 0.6 is 11.6 Å². The van der Waals surface area contributed by atoms with Crippen molar-refractivity contribution in [2.75, 3.05) is 5.32 Å². The number of hydrogen-bond donors (Lipinski definition) is 2. The van der Waals surface area contributed by atoms with Gasteiger partial charge < -0.3 is 15.5 Å². The lowest BCUT2D eigenvalue weighted by molar-refractivity contribution is 0.0977. The minimum atomic E-state index is -1.09. The molecule has 25 heavy (non-hydrogen) atoms. The van der Waals surface area contributed by atoms with Crippen LogP contribution in [0.4, 0.5) is 18.9 Å². The number of rotatable bonds is 3. The molecule has 0 atom stereocenters. The normalized spacial score (nSPS) is 10.9. The summed E-state index contributed by atoms with van der Waals surface area (Å²) >= 11 is 5.61. The largest absolute Gasteiger partial charge is 0.446 e. The molecule has 1 aromatic heterocycles. The molecule has 3 N–H and O–H groups in total. The molecule has 0 aliphatic rings. The van der Waals surface area contributed by atoms with Crippen LogP contribution in [-0.2, 0) is 0 Å². The molecule has 0 aliphatic carbocycles. The number of hydrogen-bond acceptors (Lipinski definition) is 3. The molecule has 0 fully saturated rings. The standard InChI is InChI=1S/C16H8ClF3N2O3/c17-9-3-6(1-2-10(9)19)16(24)22-12-8-4-7(18)5-11(20)13(8)25-14(12)15(21)23/h1-5H,(H2,21,23)(H,22,24). The summed E-state index contributed by atoms with van der Waals surface area (Å²) in [5.74, 6) is -5.19. The maximum atomic E-state index is 13.8. The number of amides is 2. The minimum absolute atomic E-state index is 0.0481. The highest BCUT2D eigenvalue weighted by atomic mass is 35.5. The molecule has 2 aromatic carbocycles. The van der Waals surface area contributed by atoms with E-state index in [-0.39, 0.29) is 21.7 Å². The Morgan fingerprint density at radius 1 is 1.08 bits per heavy atom. The smallest absolute Gasteiger partial charge is 0.286 e. The first-order valence-corrected chi connectivity index (χ1v) is 7.13. The van der Waals surface area contributed by atoms with Gasteiger partial charge in [0.2, 0.25) is 5.76 Å². The third-order valence-corrected chi connectivity index (χ3v) is 3.64. The van der Waals surface area contributed by atoms with E-state index >= 15 is 0 Å². The Kier molecular flexibility index (Phi) is 4.13. The summed E-state index contributed by atoms with van der Waals surface area (Å²) in [6, 6.07) is 4.60. The first-order chi connectivity index (χ1) is 11.8. The number of fused-ring (bicyclic) bond motifs is 1. The SMILES string of the molecule is NC(=O)c1oc2c(F)cc(F)cc2c1NC(=O)c1ccc(F)c(Cl)c1. The first-order valence-electron chi connectivity index (χ1n) is 6.75. The lowest BCUT2D eigenvalue weighted by Gasteiger charge is -2.06. The monoisotopic (exact) mass is 368 g/mol. The van der Waals surface area contributed by atoms with Crippen LogP contribution in [-0.4, -0.2) is 11.8 Å². The van der Waals surface area contributed by atoms with E-state index in [4.69, 9.17) is 21.8 Å². The van der Waals surface area contributed by atoms with Crippen molar-refractivity contribution in [2.45, 2.75) is 0 Å². The second-order valence-corrected chi connectivity index (χ2v) is 5.42. The highest BCUT2D eigenvalue weighted by Gasteiger charge is 2.24. The third-order valence-electron chi connectivity index (χ3n) is 3.35. The van der Waals surface area contributed by atoms with Gasteiger partial charge in [0.1, 0.15) is 17.3 Å². The van der Waals surface area contributed by atoms with Crippen molar-refractivity contribution < 1.29 is 27.2 Å². The molecule has 2 amide bonds. The molecule has 1 heterocycles. The number of halogens is 4. The average molecular weight is 369 g/mol. The van der Waals surface area contributed by atoms with Gasteiger partial charge in [0.05, 0.1) is 10.4 Å². The zero-order valence-electron chi connectivity index (χ0n) is 12.2. The fraction of sp³-hybridized carbons (Fsp3) is 0. The number of primary amides is 1. The van der Waals surface area contributed by atoms with Gasteiger partial charge in [-0.2, -0.15) is 0 Å². The molecule has 5 nitrogen and oxygen atoms in total. The van der Waals surface area contributed by atoms with Gasteiger partial charge >= 0.3 is 0 Å². The molecule has 3 rings (SSSR count). The van der Waals surface area contributed by atoms with Crippen LogP contribution in [0, 0.1) is 17.5 Å². The van der Waals surface area contributed by atoms with E-state index in [2.05, 4.69) is 5.32 Å². The van der Waals surface area contributed by atoms with E-state index in [1.807, 2.05) is 0 Å². The second kappa shape index (κ2) is 6.14. The van der Waals surface area contributed by atoms with Crippen molar-refractivity contribution in [2.24, 2.45) is 5.73 Å². The van der Waals surface area contributed by atoms with E-state index in [1.54, 1.807) is 0 Å². The van der Waals surface area contributed by atoms with Gasteiger partial charge in [-0.1, -0.05) is 11.6 Å². The Labute approximate surface area is 143 Å². The topological polar surface area (TPSA) is 85.3 Å². The highest BCUT2D eigenvalue weighted by Crippen LogP contribution is 2.33. The number of nitrogens with one attached hydrogen (secondary N) is 1. The van der Waals surface area contributed by atoms with E-state index in [9.17, 15) is 22.8 Å². The minimum Gasteiger partial charge on any atom is -0.446 e. The predicted octanol–water partition coefficient (Wildman–Crippen LogP) is 3.85. The lowest BCUT2D eigenvalue weighted by Crippen LogP contribution is -2.17. The maximum Gasteiger partial charge on any atom is 0.286 e. The molecular formula is C16H8ClF3N2O3. The second-order valence-electron chi connectivity index (χ2n) is 5.02. The highest BCUT2D eigenvalue weighted by molar-refractivity contribution is 6.31. The van der Waals surface area contributed by atoms with Gasteiger partial charge in [0, 0.05) is 11.6 Å². The first kappa shape index (κ1) is 16.8. The Bertz CT molecular complexity index is 1030. The summed E-state index contributed by atoms with van der Waals surface area (Å²) < 4.78 is 45.5. The van der Waals surface area contributed by atoms with Crippen LogP contribution in [0.2, 0.25) is 5.02 Å². The van der Waals surface area contributed by atoms with Gasteiger partial charge in [-0.15, -0.1) is 0 Å². The van der Waals surface area contributed by atoms with Crippen LogP contribution in [0.3, 0.4) is 0 Å². The fourth-order valence-electron chi connectivity index (χ4n) is 2.25. The molecule has 0 saturated heterocycles. The fourth-order valence-corrected chi connectivity index (χ4v) is 2.43. The van der Waals surface area contributed by atoms with E-state index < -0.39 is 40.6 Å². The van der Waals surface area contributed by atoms with Crippen molar-refractivity contribution in [1.82, 2.24) is 0 Å². The molecule has 0 radical (unpaired) electrons. The van der Waals surface area contributed by atoms with Crippen LogP contribution in [0.1, 0.15) is 20.9 Å². The van der Waals surface area contributed by atoms with Gasteiger partial charge in [-0.25, -0.2) is 13.2 Å². The van der Waals surface area contributed by atoms with Crippen molar-refractivity contribution in [3.8, 4) is 0 Å². The van der Waals surface area contributed by atoms with Crippen LogP contribution < -0.4 is 11.1 Å². The van der Waals surface area contributed by atoms with Crippen LogP contribution in [0.15, 0.2) is 34.7 Å². The molecule has 0 spiro atoms. The number of nitrogens with two attached hydrogens (primary N) is 1. The molecule has 0 aliphatic heterocycles. The number of furan rings is 1. The molecule has 128 valence electrons. The summed E-state index contributed by atoms with van der Waals surface area (Å²) in [6.45, 7) is 0. The summed E-state index contributed by atoms with van der Waals surface area (Å²) in [7, 11) is 0. The number of carbonyl (C=O) groups is 2. The number of anilines is 1. The van der Waals surface area contributed by atoms with Crippen molar-refractivity contribution in [3.05, 3.63) is 64.1 Å². The summed E-state index contributed by atoms with van der Waals surface area (Å²) in [5.41, 5.74) is 4.36. The summed E-state index contributed by atoms with van der Waals surface area (Å²) in [4.78, 5) is 23.8. The number of benzene rings is 2. The van der Waals surface area contributed by atoms with Crippen molar-refractivity contribution in [3.63, 3.8) is 0 Å². The zero-order chi connectivity index (χ0) is 18.3. The Morgan fingerprint density at radius 3 is 2.44 bits per heavy atom. The summed E-state index contributed by atoms with van der Waals surface area (Å²) in [5, 5.41) is 1.80. The lowest BCUT2D eigenvalue weighted by atomic mass is 10.1. The predicted molar refractivity (Wildman–Crippen MR) is 84.0 cm³/mol. The van der Waals surface area contributed by atoms with E-state index in [0.717, 1.165) is 24.3 Å². The molecule has 3 aromatic rings. The Balaban J connectivity index is 2.10. The van der Waals surface area contributed by atoms with Gasteiger partial charge in [-0.05, 0) is 24.3 Å². The Morgan fingerprint density at radius 2 is 1.80 bits per heavy atom. The van der Waals surface area contributed by atoms with Gasteiger partial charge in [0.25, 0.3) is 11.8 Å². The maximum absolute atomic E-state index is 13.8. The van der Waals surface area contributed by atoms with Crippen molar-refractivity contribution >= 4 is 40.1 Å².